The number of rotatable bonds is 12. The number of pyridine rings is 1. The molecular weight excluding hydrogens is 935 g/mol. The van der Waals surface area contributed by atoms with Gasteiger partial charge in [0.25, 0.3) is 23.6 Å². The Kier molecular flexibility index (Phi) is 13.0. The number of carbonyl (C=O) groups excluding carboxylic acids is 4. The number of nitrogens with zero attached hydrogens (tertiary/aromatic N) is 9. The van der Waals surface area contributed by atoms with Crippen LogP contribution in [-0.2, 0) is 30.8 Å². The fraction of sp³-hybridized carbons (Fsp3) is 0.456. The highest BCUT2D eigenvalue weighted by Gasteiger charge is 2.44. The Balaban J connectivity index is 0.787. The lowest BCUT2D eigenvalue weighted by atomic mass is 9.90. The van der Waals surface area contributed by atoms with Gasteiger partial charge in [0.05, 0.1) is 53.8 Å². The minimum atomic E-state index is -0.383. The van der Waals surface area contributed by atoms with Crippen molar-refractivity contribution in [3.8, 4) is 17.1 Å². The lowest BCUT2D eigenvalue weighted by Crippen LogP contribution is -2.58. The van der Waals surface area contributed by atoms with Crippen LogP contribution in [0.3, 0.4) is 0 Å². The third kappa shape index (κ3) is 8.76. The largest absolute Gasteiger partial charge is 0.478 e. The number of piperazine rings is 1. The van der Waals surface area contributed by atoms with Crippen molar-refractivity contribution in [1.82, 2.24) is 29.3 Å². The lowest BCUT2D eigenvalue weighted by Gasteiger charge is -2.48. The normalized spacial score (nSPS) is 21.9. The molecule has 7 heterocycles. The number of anilines is 6. The molecule has 0 spiro atoms. The molecule has 4 amide bonds. The van der Waals surface area contributed by atoms with Gasteiger partial charge in [-0.1, -0.05) is 45.8 Å². The highest BCUT2D eigenvalue weighted by molar-refractivity contribution is 6.24. The number of nitrogens with one attached hydrogen (secondary N) is 2. The SMILES string of the molecule is C=CC(=O)Nc1cc(Nc2nc(-c3ccnc(N4CCn5c(cc6c5CC(C)(C)C6)C4=O)c3CO)cnc2OC)ccc1N1CCN(C2CCN(c3cccc4c3C(=O)N(C3CCCCC3)C4=O)[C@H](C)C2)C[C@@H]1C. The quantitative estimate of drug-likeness (QED) is 0.0809. The predicted octanol–water partition coefficient (Wildman–Crippen LogP) is 7.99. The van der Waals surface area contributed by atoms with Gasteiger partial charge in [-0.2, -0.15) is 0 Å². The van der Waals surface area contributed by atoms with Gasteiger partial charge in [-0.25, -0.2) is 15.0 Å². The zero-order valence-corrected chi connectivity index (χ0v) is 43.2. The number of piperidine rings is 1. The van der Waals surface area contributed by atoms with Gasteiger partial charge in [0.2, 0.25) is 5.91 Å². The second kappa shape index (κ2) is 19.6. The van der Waals surface area contributed by atoms with Gasteiger partial charge in [-0.15, -0.1) is 0 Å². The summed E-state index contributed by atoms with van der Waals surface area (Å²) in [7, 11) is 1.52. The van der Waals surface area contributed by atoms with E-state index in [2.05, 4.69) is 74.1 Å². The molecule has 5 aromatic rings. The molecule has 0 radical (unpaired) electrons. The van der Waals surface area contributed by atoms with Crippen molar-refractivity contribution >= 4 is 58.0 Å². The van der Waals surface area contributed by atoms with Crippen LogP contribution >= 0.6 is 0 Å². The highest BCUT2D eigenvalue weighted by atomic mass is 16.5. The van der Waals surface area contributed by atoms with E-state index in [1.165, 1.54) is 24.4 Å². The third-order valence-corrected chi connectivity index (χ3v) is 16.5. The van der Waals surface area contributed by atoms with Crippen molar-refractivity contribution in [2.75, 3.05) is 65.2 Å². The van der Waals surface area contributed by atoms with Crippen molar-refractivity contribution in [3.63, 3.8) is 0 Å². The fourth-order valence-electron chi connectivity index (χ4n) is 13.0. The Hall–Kier alpha value is -7.11. The molecule has 3 atom stereocenters. The number of amides is 4. The molecule has 3 fully saturated rings. The molecule has 3 N–H and O–H groups in total. The number of aliphatic hydroxyl groups excluding tert-OH is 1. The van der Waals surface area contributed by atoms with Gasteiger partial charge in [-0.3, -0.25) is 33.9 Å². The van der Waals surface area contributed by atoms with Crippen molar-refractivity contribution in [3.05, 3.63) is 107 Å². The van der Waals surface area contributed by atoms with Gasteiger partial charge < -0.3 is 34.8 Å². The van der Waals surface area contributed by atoms with E-state index in [0.29, 0.717) is 75.8 Å². The summed E-state index contributed by atoms with van der Waals surface area (Å²) in [5, 5.41) is 17.3. The van der Waals surface area contributed by atoms with Gasteiger partial charge in [0.15, 0.2) is 5.82 Å². The number of aromatic nitrogens is 4. The number of fused-ring (bicyclic) bond motifs is 4. The van der Waals surface area contributed by atoms with Crippen LogP contribution in [0.1, 0.15) is 121 Å². The van der Waals surface area contributed by atoms with Crippen LogP contribution in [-0.4, -0.2) is 122 Å². The molecule has 2 aliphatic carbocycles. The first-order valence-corrected chi connectivity index (χ1v) is 26.4. The first kappa shape index (κ1) is 49.1. The van der Waals surface area contributed by atoms with E-state index >= 15 is 0 Å². The summed E-state index contributed by atoms with van der Waals surface area (Å²) in [6, 6.07) is 16.0. The summed E-state index contributed by atoms with van der Waals surface area (Å²) in [6.45, 7) is 16.5. The minimum absolute atomic E-state index is 0.0144. The second-order valence-corrected chi connectivity index (χ2v) is 21.8. The number of benzene rings is 2. The Morgan fingerprint density at radius 2 is 1.68 bits per heavy atom. The lowest BCUT2D eigenvalue weighted by molar-refractivity contribution is -0.111. The van der Waals surface area contributed by atoms with Crippen LogP contribution in [0, 0.1) is 5.41 Å². The number of imide groups is 1. The zero-order chi connectivity index (χ0) is 51.6. The van der Waals surface area contributed by atoms with Crippen molar-refractivity contribution in [2.24, 2.45) is 5.41 Å². The van der Waals surface area contributed by atoms with E-state index in [1.54, 1.807) is 28.3 Å². The second-order valence-electron chi connectivity index (χ2n) is 21.8. The molecule has 4 aliphatic heterocycles. The molecule has 3 aromatic heterocycles. The summed E-state index contributed by atoms with van der Waals surface area (Å²) in [6.07, 6.45) is 13.2. The summed E-state index contributed by atoms with van der Waals surface area (Å²) in [5.74, 6) is 0.163. The topological polar surface area (TPSA) is 182 Å². The molecule has 6 aliphatic rings. The number of aliphatic hydroxyl groups is 1. The molecule has 17 nitrogen and oxygen atoms in total. The molecule has 386 valence electrons. The van der Waals surface area contributed by atoms with Crippen LogP contribution < -0.4 is 30.1 Å². The molecule has 1 saturated carbocycles. The average Bonchev–Trinajstić information content (AvgIpc) is 4.00. The smallest absolute Gasteiger partial charge is 0.276 e. The molecule has 17 heteroatoms. The van der Waals surface area contributed by atoms with E-state index in [0.717, 1.165) is 95.3 Å². The molecular formula is C57H67N11O6. The van der Waals surface area contributed by atoms with E-state index in [9.17, 15) is 24.3 Å². The zero-order valence-electron chi connectivity index (χ0n) is 43.2. The average molecular weight is 1000 g/mol. The molecule has 1 unspecified atom stereocenters. The van der Waals surface area contributed by atoms with Crippen molar-refractivity contribution in [2.45, 2.75) is 123 Å². The Morgan fingerprint density at radius 3 is 2.43 bits per heavy atom. The summed E-state index contributed by atoms with van der Waals surface area (Å²) in [5.41, 5.74) is 8.83. The third-order valence-electron chi connectivity index (χ3n) is 16.5. The molecule has 74 heavy (non-hydrogen) atoms. The number of hydrogen-bond acceptors (Lipinski definition) is 13. The molecule has 2 aromatic carbocycles. The molecule has 0 bridgehead atoms. The van der Waals surface area contributed by atoms with Gasteiger partial charge in [-0.05, 0) is 112 Å². The highest BCUT2D eigenvalue weighted by Crippen LogP contribution is 2.43. The maximum Gasteiger partial charge on any atom is 0.276 e. The van der Waals surface area contributed by atoms with Crippen LogP contribution in [0.5, 0.6) is 5.88 Å². The van der Waals surface area contributed by atoms with Crippen LogP contribution in [0.4, 0.5) is 34.4 Å². The standard InChI is InChI=1S/C57H67N11O6/c1-7-49(70)61-43-28-37(60-51-53(74-6)59-31-44(62-51)40-18-20-58-52(42(40)33-69)67-25-24-66-47(55(67)72)27-36-29-57(4,5)30-48(36)66)16-17-45(43)65-23-22-63(32-35(65)3)39-19-21-64(34(2)26-39)46-15-11-14-41-50(46)56(73)68(54(41)71)38-12-9-8-10-13-38/h7,11,14-18,20,27-28,31,34-35,38-39,69H,1,8-10,12-13,19,21-26,29-30,32-33H2,2-6H3,(H,60,62)(H,61,70)/t34-,35+,39?/m1/s1. The first-order valence-electron chi connectivity index (χ1n) is 26.4. The number of ether oxygens (including phenoxy) is 1. The van der Waals surface area contributed by atoms with Gasteiger partial charge in [0, 0.05) is 92.1 Å². The van der Waals surface area contributed by atoms with Gasteiger partial charge >= 0.3 is 0 Å². The number of carbonyl (C=O) groups is 4. The fourth-order valence-corrected chi connectivity index (χ4v) is 13.0. The Bertz CT molecular complexity index is 3070. The van der Waals surface area contributed by atoms with Crippen molar-refractivity contribution < 1.29 is 29.0 Å². The van der Waals surface area contributed by atoms with Crippen molar-refractivity contribution in [1.29, 1.82) is 0 Å². The van der Waals surface area contributed by atoms with Gasteiger partial charge in [0.1, 0.15) is 11.5 Å². The van der Waals surface area contributed by atoms with Crippen LogP contribution in [0.2, 0.25) is 0 Å². The summed E-state index contributed by atoms with van der Waals surface area (Å²) < 4.78 is 7.84. The van der Waals surface area contributed by atoms with Crippen LogP contribution in [0.25, 0.3) is 11.3 Å². The van der Waals surface area contributed by atoms with Crippen LogP contribution in [0.15, 0.2) is 73.6 Å². The summed E-state index contributed by atoms with van der Waals surface area (Å²) >= 11 is 0. The number of methoxy groups -OCH3 is 1. The van der Waals surface area contributed by atoms with E-state index < -0.39 is 0 Å². The monoisotopic (exact) mass is 1000 g/mol. The van der Waals surface area contributed by atoms with E-state index in [-0.39, 0.29) is 59.7 Å². The Morgan fingerprint density at radius 1 is 0.865 bits per heavy atom. The molecule has 11 rings (SSSR count). The summed E-state index contributed by atoms with van der Waals surface area (Å²) in [4.78, 5) is 79.4. The number of hydrogen-bond donors (Lipinski definition) is 3. The van der Waals surface area contributed by atoms with E-state index in [1.807, 2.05) is 42.5 Å². The molecule has 2 saturated heterocycles. The first-order chi connectivity index (χ1) is 35.7. The predicted molar refractivity (Wildman–Crippen MR) is 286 cm³/mol. The maximum absolute atomic E-state index is 14.1. The Labute approximate surface area is 432 Å². The maximum atomic E-state index is 14.1. The minimum Gasteiger partial charge on any atom is -0.478 e. The van der Waals surface area contributed by atoms with E-state index in [4.69, 9.17) is 9.72 Å².